The number of hydrogen-bond acceptors (Lipinski definition) is 3. The van der Waals surface area contributed by atoms with Crippen LogP contribution < -0.4 is 10.6 Å². The first-order valence-electron chi connectivity index (χ1n) is 6.22. The summed E-state index contributed by atoms with van der Waals surface area (Å²) in [5.41, 5.74) is 0.915. The molecule has 0 aromatic heterocycles. The molecule has 0 heterocycles. The minimum atomic E-state index is -1.07. The fourth-order valence-corrected chi connectivity index (χ4v) is 1.65. The lowest BCUT2D eigenvalue weighted by Crippen LogP contribution is -2.44. The average Bonchev–Trinajstić information content (AvgIpc) is 2.35. The summed E-state index contributed by atoms with van der Waals surface area (Å²) in [4.78, 5) is 33.8. The zero-order valence-corrected chi connectivity index (χ0v) is 11.6. The van der Waals surface area contributed by atoms with Gasteiger partial charge >= 0.3 is 5.97 Å². The second-order valence-electron chi connectivity index (χ2n) is 4.79. The first-order valence-corrected chi connectivity index (χ1v) is 6.22. The van der Waals surface area contributed by atoms with E-state index in [1.807, 2.05) is 0 Å². The standard InChI is InChI=1S/C14H18N2O4/c1-8(2)12(14(19)20)16-13(18)10-4-6-11(7-5-10)15-9(3)17/h4-8,12H,1-3H3,(H,15,17)(H,16,18)(H,19,20). The summed E-state index contributed by atoms with van der Waals surface area (Å²) in [7, 11) is 0. The highest BCUT2D eigenvalue weighted by Crippen LogP contribution is 2.10. The van der Waals surface area contributed by atoms with E-state index in [2.05, 4.69) is 10.6 Å². The quantitative estimate of drug-likeness (QED) is 0.760. The maximum Gasteiger partial charge on any atom is 0.326 e. The number of anilines is 1. The Morgan fingerprint density at radius 1 is 1.10 bits per heavy atom. The molecule has 20 heavy (non-hydrogen) atoms. The number of carboxylic acids is 1. The van der Waals surface area contributed by atoms with E-state index in [-0.39, 0.29) is 11.8 Å². The molecule has 0 spiro atoms. The summed E-state index contributed by atoms with van der Waals surface area (Å²) in [5.74, 6) is -1.94. The molecule has 6 heteroatoms. The lowest BCUT2D eigenvalue weighted by molar-refractivity contribution is -0.140. The van der Waals surface area contributed by atoms with Crippen LogP contribution in [0.25, 0.3) is 0 Å². The highest BCUT2D eigenvalue weighted by Gasteiger charge is 2.23. The Labute approximate surface area is 117 Å². The Hall–Kier alpha value is -2.37. The predicted octanol–water partition coefficient (Wildman–Crippen LogP) is 1.48. The molecular weight excluding hydrogens is 260 g/mol. The molecule has 0 bridgehead atoms. The van der Waals surface area contributed by atoms with Crippen molar-refractivity contribution in [3.8, 4) is 0 Å². The third-order valence-electron chi connectivity index (χ3n) is 2.69. The van der Waals surface area contributed by atoms with Gasteiger partial charge < -0.3 is 15.7 Å². The molecule has 1 aromatic rings. The van der Waals surface area contributed by atoms with E-state index in [0.717, 1.165) is 0 Å². The Morgan fingerprint density at radius 2 is 1.65 bits per heavy atom. The van der Waals surface area contributed by atoms with E-state index in [1.165, 1.54) is 19.1 Å². The molecule has 0 aliphatic heterocycles. The fourth-order valence-electron chi connectivity index (χ4n) is 1.65. The molecule has 0 saturated carbocycles. The monoisotopic (exact) mass is 278 g/mol. The maximum atomic E-state index is 11.9. The number of aliphatic carboxylic acids is 1. The number of nitrogens with one attached hydrogen (secondary N) is 2. The molecule has 1 unspecified atom stereocenters. The molecule has 0 radical (unpaired) electrons. The van der Waals surface area contributed by atoms with Crippen LogP contribution in [0.2, 0.25) is 0 Å². The third-order valence-corrected chi connectivity index (χ3v) is 2.69. The van der Waals surface area contributed by atoms with Crippen LogP contribution in [-0.2, 0) is 9.59 Å². The zero-order chi connectivity index (χ0) is 15.3. The largest absolute Gasteiger partial charge is 0.480 e. The van der Waals surface area contributed by atoms with E-state index in [9.17, 15) is 14.4 Å². The van der Waals surface area contributed by atoms with Gasteiger partial charge in [0.2, 0.25) is 5.91 Å². The first kappa shape index (κ1) is 15.7. The Balaban J connectivity index is 2.77. The Morgan fingerprint density at radius 3 is 2.05 bits per heavy atom. The van der Waals surface area contributed by atoms with E-state index in [0.29, 0.717) is 11.3 Å². The molecule has 0 fully saturated rings. The summed E-state index contributed by atoms with van der Waals surface area (Å²) >= 11 is 0. The van der Waals surface area contributed by atoms with Gasteiger partial charge in [0.15, 0.2) is 0 Å². The van der Waals surface area contributed by atoms with Crippen molar-refractivity contribution in [2.75, 3.05) is 5.32 Å². The van der Waals surface area contributed by atoms with E-state index >= 15 is 0 Å². The van der Waals surface area contributed by atoms with Crippen molar-refractivity contribution in [3.05, 3.63) is 29.8 Å². The van der Waals surface area contributed by atoms with Crippen LogP contribution in [0.1, 0.15) is 31.1 Å². The van der Waals surface area contributed by atoms with Crippen LogP contribution in [0.5, 0.6) is 0 Å². The molecule has 1 atom stereocenters. The zero-order valence-electron chi connectivity index (χ0n) is 11.6. The number of carbonyl (C=O) groups excluding carboxylic acids is 2. The minimum Gasteiger partial charge on any atom is -0.480 e. The molecule has 1 aromatic carbocycles. The van der Waals surface area contributed by atoms with Crippen molar-refractivity contribution >= 4 is 23.5 Å². The highest BCUT2D eigenvalue weighted by atomic mass is 16.4. The number of benzene rings is 1. The van der Waals surface area contributed by atoms with Crippen LogP contribution in [0, 0.1) is 5.92 Å². The molecule has 0 aliphatic rings. The van der Waals surface area contributed by atoms with Gasteiger partial charge in [0.05, 0.1) is 0 Å². The molecular formula is C14H18N2O4. The molecule has 6 nitrogen and oxygen atoms in total. The lowest BCUT2D eigenvalue weighted by Gasteiger charge is -2.17. The van der Waals surface area contributed by atoms with Crippen LogP contribution >= 0.6 is 0 Å². The van der Waals surface area contributed by atoms with Crippen molar-refractivity contribution < 1.29 is 19.5 Å². The lowest BCUT2D eigenvalue weighted by atomic mass is 10.0. The van der Waals surface area contributed by atoms with Crippen LogP contribution in [-0.4, -0.2) is 28.9 Å². The van der Waals surface area contributed by atoms with Gasteiger partial charge in [0, 0.05) is 18.2 Å². The van der Waals surface area contributed by atoms with Crippen LogP contribution in [0.4, 0.5) is 5.69 Å². The van der Waals surface area contributed by atoms with Gasteiger partial charge in [-0.3, -0.25) is 9.59 Å². The highest BCUT2D eigenvalue weighted by molar-refractivity contribution is 5.97. The van der Waals surface area contributed by atoms with E-state index < -0.39 is 17.9 Å². The third kappa shape index (κ3) is 4.38. The molecule has 2 amide bonds. The minimum absolute atomic E-state index is 0.201. The molecule has 108 valence electrons. The molecule has 3 N–H and O–H groups in total. The summed E-state index contributed by atoms with van der Waals surface area (Å²) < 4.78 is 0. The van der Waals surface area contributed by atoms with E-state index in [4.69, 9.17) is 5.11 Å². The summed E-state index contributed by atoms with van der Waals surface area (Å²) in [5, 5.41) is 14.1. The summed E-state index contributed by atoms with van der Waals surface area (Å²) in [6, 6.07) is 5.29. The number of carboxylic acid groups (broad SMARTS) is 1. The average molecular weight is 278 g/mol. The van der Waals surface area contributed by atoms with Gasteiger partial charge in [-0.2, -0.15) is 0 Å². The van der Waals surface area contributed by atoms with Crippen molar-refractivity contribution in [1.82, 2.24) is 5.32 Å². The fraction of sp³-hybridized carbons (Fsp3) is 0.357. The molecule has 0 saturated heterocycles. The normalized spacial score (nSPS) is 11.8. The molecule has 1 rings (SSSR count). The topological polar surface area (TPSA) is 95.5 Å². The van der Waals surface area contributed by atoms with Gasteiger partial charge in [-0.1, -0.05) is 13.8 Å². The van der Waals surface area contributed by atoms with Crippen molar-refractivity contribution in [2.45, 2.75) is 26.8 Å². The van der Waals surface area contributed by atoms with E-state index in [1.54, 1.807) is 26.0 Å². The van der Waals surface area contributed by atoms with Gasteiger partial charge in [0.1, 0.15) is 6.04 Å². The van der Waals surface area contributed by atoms with Gasteiger partial charge in [0.25, 0.3) is 5.91 Å². The Kier molecular flexibility index (Phi) is 5.25. The van der Waals surface area contributed by atoms with Gasteiger partial charge in [-0.25, -0.2) is 4.79 Å². The maximum absolute atomic E-state index is 11.9. The number of amides is 2. The SMILES string of the molecule is CC(=O)Nc1ccc(C(=O)NC(C(=O)O)C(C)C)cc1. The number of rotatable bonds is 5. The second kappa shape index (κ2) is 6.70. The Bertz CT molecular complexity index is 508. The second-order valence-corrected chi connectivity index (χ2v) is 4.79. The van der Waals surface area contributed by atoms with Crippen molar-refractivity contribution in [2.24, 2.45) is 5.92 Å². The smallest absolute Gasteiger partial charge is 0.326 e. The number of carbonyl (C=O) groups is 3. The van der Waals surface area contributed by atoms with Crippen molar-refractivity contribution in [3.63, 3.8) is 0 Å². The van der Waals surface area contributed by atoms with Crippen LogP contribution in [0.3, 0.4) is 0 Å². The van der Waals surface area contributed by atoms with Crippen molar-refractivity contribution in [1.29, 1.82) is 0 Å². The molecule has 0 aliphatic carbocycles. The van der Waals surface area contributed by atoms with Gasteiger partial charge in [-0.15, -0.1) is 0 Å². The first-order chi connectivity index (χ1) is 9.31. The summed E-state index contributed by atoms with van der Waals surface area (Å²) in [6.45, 7) is 4.83. The van der Waals surface area contributed by atoms with Gasteiger partial charge in [-0.05, 0) is 30.2 Å². The number of hydrogen-bond donors (Lipinski definition) is 3. The van der Waals surface area contributed by atoms with Crippen LogP contribution in [0.15, 0.2) is 24.3 Å². The summed E-state index contributed by atoms with van der Waals surface area (Å²) in [6.07, 6.45) is 0. The predicted molar refractivity (Wildman–Crippen MR) is 74.5 cm³/mol.